The van der Waals surface area contributed by atoms with Crippen LogP contribution < -0.4 is 16.0 Å². The number of carbonyl (C=O) groups is 1. The zero-order valence-corrected chi connectivity index (χ0v) is 13.3. The Kier molecular flexibility index (Phi) is 4.93. The summed E-state index contributed by atoms with van der Waals surface area (Å²) in [5.41, 5.74) is 9.26. The molecule has 1 aliphatic heterocycles. The highest BCUT2D eigenvalue weighted by Crippen LogP contribution is 2.28. The molecule has 2 aromatic carbocycles. The average molecular weight is 309 g/mol. The number of para-hydroxylation sites is 2. The summed E-state index contributed by atoms with van der Waals surface area (Å²) in [6, 6.07) is 15.5. The second kappa shape index (κ2) is 7.29. The fourth-order valence-corrected chi connectivity index (χ4v) is 2.98. The van der Waals surface area contributed by atoms with Crippen molar-refractivity contribution in [2.75, 3.05) is 23.3 Å². The first-order valence-electron chi connectivity index (χ1n) is 8.22. The van der Waals surface area contributed by atoms with E-state index in [2.05, 4.69) is 16.3 Å². The van der Waals surface area contributed by atoms with Crippen molar-refractivity contribution < 1.29 is 4.79 Å². The van der Waals surface area contributed by atoms with Crippen molar-refractivity contribution >= 4 is 17.3 Å². The van der Waals surface area contributed by atoms with Crippen LogP contribution in [-0.4, -0.2) is 19.0 Å². The number of amides is 1. The number of nitrogens with zero attached hydrogens (tertiary/aromatic N) is 1. The number of hydrogen-bond acceptors (Lipinski definition) is 3. The van der Waals surface area contributed by atoms with E-state index in [1.807, 2.05) is 42.5 Å². The molecular weight excluding hydrogens is 286 g/mol. The van der Waals surface area contributed by atoms with Gasteiger partial charge in [0.05, 0.1) is 11.4 Å². The summed E-state index contributed by atoms with van der Waals surface area (Å²) in [6.07, 6.45) is 3.71. The molecule has 0 spiro atoms. The van der Waals surface area contributed by atoms with Crippen molar-refractivity contribution in [3.8, 4) is 0 Å². The van der Waals surface area contributed by atoms with Gasteiger partial charge in [-0.1, -0.05) is 24.3 Å². The van der Waals surface area contributed by atoms with E-state index in [0.29, 0.717) is 12.1 Å². The summed E-state index contributed by atoms with van der Waals surface area (Å²) in [7, 11) is 0. The fraction of sp³-hybridized carbons (Fsp3) is 0.316. The third-order valence-corrected chi connectivity index (χ3v) is 4.30. The van der Waals surface area contributed by atoms with Gasteiger partial charge >= 0.3 is 0 Å². The van der Waals surface area contributed by atoms with Gasteiger partial charge in [-0.3, -0.25) is 4.79 Å². The molecule has 4 heteroatoms. The summed E-state index contributed by atoms with van der Waals surface area (Å²) in [4.78, 5) is 14.8. The summed E-state index contributed by atoms with van der Waals surface area (Å²) in [5.74, 6) is -0.0852. The van der Waals surface area contributed by atoms with Crippen LogP contribution in [0.4, 0.5) is 11.4 Å². The maximum absolute atomic E-state index is 12.5. The Labute approximate surface area is 137 Å². The molecule has 4 nitrogen and oxygen atoms in total. The molecule has 3 rings (SSSR count). The number of rotatable bonds is 4. The molecule has 2 aromatic rings. The number of benzene rings is 2. The van der Waals surface area contributed by atoms with Crippen molar-refractivity contribution in [3.05, 3.63) is 59.7 Å². The highest BCUT2D eigenvalue weighted by Gasteiger charge is 2.15. The molecule has 0 saturated carbocycles. The summed E-state index contributed by atoms with van der Waals surface area (Å²) >= 11 is 0. The predicted octanol–water partition coefficient (Wildman–Crippen LogP) is 3.39. The topological polar surface area (TPSA) is 58.4 Å². The SMILES string of the molecule is NCc1ccc(C(=O)Nc2ccccc2N2CCCCC2)cc1. The van der Waals surface area contributed by atoms with Gasteiger partial charge in [0, 0.05) is 25.2 Å². The first-order chi connectivity index (χ1) is 11.3. The third kappa shape index (κ3) is 3.71. The lowest BCUT2D eigenvalue weighted by Gasteiger charge is -2.30. The van der Waals surface area contributed by atoms with Gasteiger partial charge in [0.15, 0.2) is 0 Å². The highest BCUT2D eigenvalue weighted by atomic mass is 16.1. The second-order valence-corrected chi connectivity index (χ2v) is 5.92. The molecular formula is C19H23N3O. The first-order valence-corrected chi connectivity index (χ1v) is 8.22. The van der Waals surface area contributed by atoms with Crippen LogP contribution in [0.5, 0.6) is 0 Å². The van der Waals surface area contributed by atoms with Gasteiger partial charge in [0.1, 0.15) is 0 Å². The van der Waals surface area contributed by atoms with Gasteiger partial charge in [-0.25, -0.2) is 0 Å². The molecule has 23 heavy (non-hydrogen) atoms. The molecule has 1 heterocycles. The maximum Gasteiger partial charge on any atom is 0.255 e. The second-order valence-electron chi connectivity index (χ2n) is 5.92. The fourth-order valence-electron chi connectivity index (χ4n) is 2.98. The molecule has 3 N–H and O–H groups in total. The Morgan fingerprint density at radius 1 is 1.00 bits per heavy atom. The van der Waals surface area contributed by atoms with Crippen LogP contribution in [0.25, 0.3) is 0 Å². The van der Waals surface area contributed by atoms with Crippen LogP contribution in [-0.2, 0) is 6.54 Å². The number of hydrogen-bond donors (Lipinski definition) is 2. The Balaban J connectivity index is 1.77. The summed E-state index contributed by atoms with van der Waals surface area (Å²) in [6.45, 7) is 2.59. The van der Waals surface area contributed by atoms with Crippen LogP contribution in [0.3, 0.4) is 0 Å². The van der Waals surface area contributed by atoms with E-state index in [1.54, 1.807) is 0 Å². The van der Waals surface area contributed by atoms with E-state index in [1.165, 1.54) is 19.3 Å². The Morgan fingerprint density at radius 3 is 2.39 bits per heavy atom. The van der Waals surface area contributed by atoms with Gasteiger partial charge in [0.2, 0.25) is 0 Å². The summed E-state index contributed by atoms with van der Waals surface area (Å²) < 4.78 is 0. The van der Waals surface area contributed by atoms with Crippen molar-refractivity contribution in [2.24, 2.45) is 5.73 Å². The normalized spacial score (nSPS) is 14.6. The lowest BCUT2D eigenvalue weighted by molar-refractivity contribution is 0.102. The molecule has 1 aliphatic rings. The van der Waals surface area contributed by atoms with Gasteiger partial charge in [-0.2, -0.15) is 0 Å². The molecule has 0 bridgehead atoms. The van der Waals surface area contributed by atoms with Crippen LogP contribution in [0.1, 0.15) is 35.2 Å². The first kappa shape index (κ1) is 15.6. The minimum absolute atomic E-state index is 0.0852. The van der Waals surface area contributed by atoms with E-state index < -0.39 is 0 Å². The number of carbonyl (C=O) groups excluding carboxylic acids is 1. The number of anilines is 2. The van der Waals surface area contributed by atoms with Gasteiger partial charge < -0.3 is 16.0 Å². The van der Waals surface area contributed by atoms with E-state index in [-0.39, 0.29) is 5.91 Å². The minimum atomic E-state index is -0.0852. The van der Waals surface area contributed by atoms with Gasteiger partial charge in [0.25, 0.3) is 5.91 Å². The zero-order chi connectivity index (χ0) is 16.1. The Bertz CT molecular complexity index is 661. The molecule has 0 atom stereocenters. The molecule has 1 fully saturated rings. The van der Waals surface area contributed by atoms with E-state index in [4.69, 9.17) is 5.73 Å². The van der Waals surface area contributed by atoms with E-state index in [9.17, 15) is 4.79 Å². The standard InChI is InChI=1S/C19H23N3O/c20-14-15-8-10-16(11-9-15)19(23)21-17-6-2-3-7-18(17)22-12-4-1-5-13-22/h2-3,6-11H,1,4-5,12-14,20H2,(H,21,23). The van der Waals surface area contributed by atoms with Crippen LogP contribution in [0.15, 0.2) is 48.5 Å². The number of piperidine rings is 1. The van der Waals surface area contributed by atoms with Crippen LogP contribution in [0, 0.1) is 0 Å². The largest absolute Gasteiger partial charge is 0.370 e. The van der Waals surface area contributed by atoms with Crippen LogP contribution >= 0.6 is 0 Å². The van der Waals surface area contributed by atoms with E-state index >= 15 is 0 Å². The minimum Gasteiger partial charge on any atom is -0.370 e. The predicted molar refractivity (Wildman–Crippen MR) is 94.8 cm³/mol. The number of nitrogens with one attached hydrogen (secondary N) is 1. The lowest BCUT2D eigenvalue weighted by Crippen LogP contribution is -2.30. The Morgan fingerprint density at radius 2 is 1.70 bits per heavy atom. The van der Waals surface area contributed by atoms with Crippen molar-refractivity contribution in [2.45, 2.75) is 25.8 Å². The van der Waals surface area contributed by atoms with Crippen molar-refractivity contribution in [3.63, 3.8) is 0 Å². The zero-order valence-electron chi connectivity index (χ0n) is 13.3. The van der Waals surface area contributed by atoms with E-state index in [0.717, 1.165) is 30.0 Å². The molecule has 0 aromatic heterocycles. The highest BCUT2D eigenvalue weighted by molar-refractivity contribution is 6.06. The maximum atomic E-state index is 12.5. The molecule has 1 amide bonds. The quantitative estimate of drug-likeness (QED) is 0.910. The van der Waals surface area contributed by atoms with Crippen LogP contribution in [0.2, 0.25) is 0 Å². The summed E-state index contributed by atoms with van der Waals surface area (Å²) in [5, 5.41) is 3.05. The lowest BCUT2D eigenvalue weighted by atomic mass is 10.1. The third-order valence-electron chi connectivity index (χ3n) is 4.30. The van der Waals surface area contributed by atoms with Crippen molar-refractivity contribution in [1.29, 1.82) is 0 Å². The average Bonchev–Trinajstić information content (AvgIpc) is 2.63. The van der Waals surface area contributed by atoms with Crippen molar-refractivity contribution in [1.82, 2.24) is 0 Å². The molecule has 0 radical (unpaired) electrons. The van der Waals surface area contributed by atoms with Gasteiger partial charge in [-0.15, -0.1) is 0 Å². The molecule has 120 valence electrons. The molecule has 0 unspecified atom stereocenters. The van der Waals surface area contributed by atoms with Gasteiger partial charge in [-0.05, 0) is 49.1 Å². The molecule has 0 aliphatic carbocycles. The smallest absolute Gasteiger partial charge is 0.255 e. The number of nitrogens with two attached hydrogens (primary N) is 1. The molecule has 1 saturated heterocycles. The monoisotopic (exact) mass is 309 g/mol. The Hall–Kier alpha value is -2.33.